The summed E-state index contributed by atoms with van der Waals surface area (Å²) in [5.74, 6) is 2.54. The molecule has 2 nitrogen and oxygen atoms in total. The zero-order chi connectivity index (χ0) is 10.6. The van der Waals surface area contributed by atoms with Gasteiger partial charge < -0.3 is 4.74 Å². The van der Waals surface area contributed by atoms with E-state index in [2.05, 4.69) is 10.9 Å². The van der Waals surface area contributed by atoms with E-state index in [9.17, 15) is 0 Å². The van der Waals surface area contributed by atoms with Crippen molar-refractivity contribution < 1.29 is 4.74 Å². The van der Waals surface area contributed by atoms with Crippen LogP contribution in [0.2, 0.25) is 5.15 Å². The molecule has 74 valence electrons. The monoisotopic (exact) mass is 209 g/mol. The summed E-state index contributed by atoms with van der Waals surface area (Å²) in [5.41, 5.74) is 0.213. The lowest BCUT2D eigenvalue weighted by atomic mass is 10.1. The van der Waals surface area contributed by atoms with Crippen molar-refractivity contribution in [2.75, 3.05) is 0 Å². The molecule has 0 atom stereocenters. The van der Waals surface area contributed by atoms with E-state index in [0.717, 1.165) is 5.69 Å². The summed E-state index contributed by atoms with van der Waals surface area (Å²) >= 11 is 5.72. The molecule has 0 fully saturated rings. The van der Waals surface area contributed by atoms with E-state index >= 15 is 0 Å². The van der Waals surface area contributed by atoms with Gasteiger partial charge in [-0.15, -0.1) is 6.42 Å². The first kappa shape index (κ1) is 11.0. The molecule has 0 saturated heterocycles. The average Bonchev–Trinajstić information content (AvgIpc) is 2.15. The minimum Gasteiger partial charge on any atom is -0.357 e. The molecule has 1 aromatic heterocycles. The predicted octanol–water partition coefficient (Wildman–Crippen LogP) is 2.66. The molecular weight excluding hydrogens is 198 g/mol. The molecule has 0 spiro atoms. The summed E-state index contributed by atoms with van der Waals surface area (Å²) in [4.78, 5) is 4.08. The van der Waals surface area contributed by atoms with Gasteiger partial charge in [0.05, 0.1) is 12.3 Å². The molecule has 3 heteroatoms. The maximum atomic E-state index is 5.72. The van der Waals surface area contributed by atoms with Crippen molar-refractivity contribution in [1.29, 1.82) is 0 Å². The minimum atomic E-state index is -0.565. The van der Waals surface area contributed by atoms with Crippen molar-refractivity contribution in [3.05, 3.63) is 29.0 Å². The molecule has 0 aromatic carbocycles. The molecule has 0 saturated carbocycles. The van der Waals surface area contributed by atoms with E-state index in [1.165, 1.54) is 0 Å². The van der Waals surface area contributed by atoms with Gasteiger partial charge in [0, 0.05) is 0 Å². The first-order valence-corrected chi connectivity index (χ1v) is 4.64. The van der Waals surface area contributed by atoms with E-state index in [-0.39, 0.29) is 0 Å². The zero-order valence-electron chi connectivity index (χ0n) is 8.25. The Morgan fingerprint density at radius 3 is 2.86 bits per heavy atom. The molecule has 0 unspecified atom stereocenters. The van der Waals surface area contributed by atoms with Crippen LogP contribution in [0.1, 0.15) is 19.5 Å². The summed E-state index contributed by atoms with van der Waals surface area (Å²) in [5, 5.41) is 0.463. The highest BCUT2D eigenvalue weighted by Crippen LogP contribution is 2.12. The van der Waals surface area contributed by atoms with Gasteiger partial charge in [-0.05, 0) is 26.0 Å². The highest BCUT2D eigenvalue weighted by Gasteiger charge is 2.14. The summed E-state index contributed by atoms with van der Waals surface area (Å²) < 4.78 is 5.46. The molecule has 1 rings (SSSR count). The number of rotatable bonds is 3. The fourth-order valence-electron chi connectivity index (χ4n) is 0.827. The van der Waals surface area contributed by atoms with Crippen LogP contribution < -0.4 is 0 Å². The third kappa shape index (κ3) is 3.37. The molecule has 0 amide bonds. The van der Waals surface area contributed by atoms with Crippen LogP contribution in [0, 0.1) is 12.3 Å². The SMILES string of the molecule is C#CC(C)(C)OCc1cccc(Cl)n1. The van der Waals surface area contributed by atoms with Gasteiger partial charge >= 0.3 is 0 Å². The average molecular weight is 210 g/mol. The molecule has 0 radical (unpaired) electrons. The molecule has 0 N–H and O–H groups in total. The van der Waals surface area contributed by atoms with Gasteiger partial charge in [-0.2, -0.15) is 0 Å². The lowest BCUT2D eigenvalue weighted by molar-refractivity contribution is 0.0128. The third-order valence-corrected chi connectivity index (χ3v) is 1.91. The van der Waals surface area contributed by atoms with E-state index in [1.54, 1.807) is 6.07 Å². The van der Waals surface area contributed by atoms with Crippen LogP contribution in [0.5, 0.6) is 0 Å². The Kier molecular flexibility index (Phi) is 3.51. The fraction of sp³-hybridized carbons (Fsp3) is 0.364. The Morgan fingerprint density at radius 2 is 2.29 bits per heavy atom. The van der Waals surface area contributed by atoms with Crippen LogP contribution >= 0.6 is 11.6 Å². The maximum Gasteiger partial charge on any atom is 0.129 e. The quantitative estimate of drug-likeness (QED) is 0.564. The van der Waals surface area contributed by atoms with Crippen molar-refractivity contribution in [3.8, 4) is 12.3 Å². The number of hydrogen-bond donors (Lipinski definition) is 0. The third-order valence-electron chi connectivity index (χ3n) is 1.70. The van der Waals surface area contributed by atoms with Crippen molar-refractivity contribution in [2.24, 2.45) is 0 Å². The number of pyridine rings is 1. The molecule has 0 aliphatic rings. The Morgan fingerprint density at radius 1 is 1.57 bits per heavy atom. The van der Waals surface area contributed by atoms with Crippen molar-refractivity contribution in [3.63, 3.8) is 0 Å². The summed E-state index contributed by atoms with van der Waals surface area (Å²) in [6, 6.07) is 5.40. The number of aromatic nitrogens is 1. The number of ether oxygens (including phenoxy) is 1. The lowest BCUT2D eigenvalue weighted by Crippen LogP contribution is -2.21. The predicted molar refractivity (Wildman–Crippen MR) is 56.9 cm³/mol. The van der Waals surface area contributed by atoms with Crippen molar-refractivity contribution in [2.45, 2.75) is 26.1 Å². The maximum absolute atomic E-state index is 5.72. The largest absolute Gasteiger partial charge is 0.357 e. The first-order chi connectivity index (χ1) is 6.53. The summed E-state index contributed by atoms with van der Waals surface area (Å²) in [6.45, 7) is 4.03. The molecule has 14 heavy (non-hydrogen) atoms. The second-order valence-electron chi connectivity index (χ2n) is 3.39. The van der Waals surface area contributed by atoms with Gasteiger partial charge in [0.1, 0.15) is 10.8 Å². The molecule has 0 bridgehead atoms. The second kappa shape index (κ2) is 4.45. The van der Waals surface area contributed by atoms with Crippen LogP contribution in [-0.2, 0) is 11.3 Å². The van der Waals surface area contributed by atoms with Gasteiger partial charge in [-0.25, -0.2) is 4.98 Å². The zero-order valence-corrected chi connectivity index (χ0v) is 9.01. The summed E-state index contributed by atoms with van der Waals surface area (Å²) in [7, 11) is 0. The van der Waals surface area contributed by atoms with Crippen molar-refractivity contribution >= 4 is 11.6 Å². The number of terminal acetylenes is 1. The molecular formula is C11H12ClNO. The van der Waals surface area contributed by atoms with Gasteiger partial charge in [0.2, 0.25) is 0 Å². The molecule has 0 aliphatic heterocycles. The van der Waals surface area contributed by atoms with Gasteiger partial charge in [0.15, 0.2) is 0 Å². The van der Waals surface area contributed by atoms with Gasteiger partial charge in [-0.1, -0.05) is 23.6 Å². The normalized spacial score (nSPS) is 11.0. The van der Waals surface area contributed by atoms with Gasteiger partial charge in [-0.3, -0.25) is 0 Å². The second-order valence-corrected chi connectivity index (χ2v) is 3.78. The number of nitrogens with zero attached hydrogens (tertiary/aromatic N) is 1. The highest BCUT2D eigenvalue weighted by atomic mass is 35.5. The molecule has 0 aliphatic carbocycles. The molecule has 1 aromatic rings. The Balaban J connectivity index is 2.59. The molecule has 1 heterocycles. The Labute approximate surface area is 89.3 Å². The highest BCUT2D eigenvalue weighted by molar-refractivity contribution is 6.29. The smallest absolute Gasteiger partial charge is 0.129 e. The van der Waals surface area contributed by atoms with Gasteiger partial charge in [0.25, 0.3) is 0 Å². The van der Waals surface area contributed by atoms with Crippen LogP contribution in [-0.4, -0.2) is 10.6 Å². The standard InChI is InChI=1S/C11H12ClNO/c1-4-11(2,3)14-8-9-6-5-7-10(12)13-9/h1,5-7H,8H2,2-3H3. The van der Waals surface area contributed by atoms with Crippen LogP contribution in [0.15, 0.2) is 18.2 Å². The van der Waals surface area contributed by atoms with Crippen LogP contribution in [0.3, 0.4) is 0 Å². The Hall–Kier alpha value is -1.04. The summed E-state index contributed by atoms with van der Waals surface area (Å²) in [6.07, 6.45) is 5.28. The van der Waals surface area contributed by atoms with E-state index in [1.807, 2.05) is 26.0 Å². The Bertz CT molecular complexity index is 355. The number of halogens is 1. The van der Waals surface area contributed by atoms with Crippen LogP contribution in [0.4, 0.5) is 0 Å². The van der Waals surface area contributed by atoms with Crippen LogP contribution in [0.25, 0.3) is 0 Å². The van der Waals surface area contributed by atoms with E-state index in [4.69, 9.17) is 22.8 Å². The fourth-order valence-corrected chi connectivity index (χ4v) is 1.01. The minimum absolute atomic E-state index is 0.373. The van der Waals surface area contributed by atoms with E-state index < -0.39 is 5.60 Å². The first-order valence-electron chi connectivity index (χ1n) is 4.27. The van der Waals surface area contributed by atoms with E-state index in [0.29, 0.717) is 11.8 Å². The lowest BCUT2D eigenvalue weighted by Gasteiger charge is -2.17. The number of hydrogen-bond acceptors (Lipinski definition) is 2. The topological polar surface area (TPSA) is 22.1 Å². The van der Waals surface area contributed by atoms with Crippen molar-refractivity contribution in [1.82, 2.24) is 4.98 Å².